The van der Waals surface area contributed by atoms with Gasteiger partial charge in [0.15, 0.2) is 0 Å². The summed E-state index contributed by atoms with van der Waals surface area (Å²) in [5.41, 5.74) is 2.18. The number of nitrogens with zero attached hydrogens (tertiary/aromatic N) is 1. The van der Waals surface area contributed by atoms with Crippen LogP contribution >= 0.6 is 0 Å². The van der Waals surface area contributed by atoms with Crippen molar-refractivity contribution in [2.75, 3.05) is 26.3 Å². The fraction of sp³-hybridized carbons (Fsp3) is 0.611. The van der Waals surface area contributed by atoms with Crippen LogP contribution in [0.4, 0.5) is 4.79 Å². The van der Waals surface area contributed by atoms with Gasteiger partial charge in [0, 0.05) is 37.7 Å². The van der Waals surface area contributed by atoms with Gasteiger partial charge >= 0.3 is 6.03 Å². The van der Waals surface area contributed by atoms with E-state index in [9.17, 15) is 4.79 Å². The second kappa shape index (κ2) is 7.21. The molecule has 2 amide bonds. The van der Waals surface area contributed by atoms with E-state index in [0.717, 1.165) is 36.4 Å². The van der Waals surface area contributed by atoms with Gasteiger partial charge in [-0.3, -0.25) is 0 Å². The normalized spacial score (nSPS) is 20.6. The Morgan fingerprint density at radius 2 is 2.17 bits per heavy atom. The first-order chi connectivity index (χ1) is 11.2. The molecule has 0 radical (unpaired) electrons. The van der Waals surface area contributed by atoms with E-state index in [0.29, 0.717) is 19.0 Å². The Kier molecular flexibility index (Phi) is 5.06. The minimum Gasteiger partial charge on any atom is -0.493 e. The lowest BCUT2D eigenvalue weighted by Gasteiger charge is -2.18. The fourth-order valence-electron chi connectivity index (χ4n) is 2.88. The van der Waals surface area contributed by atoms with Crippen molar-refractivity contribution >= 4 is 6.03 Å². The molecule has 23 heavy (non-hydrogen) atoms. The van der Waals surface area contributed by atoms with Gasteiger partial charge in [-0.25, -0.2) is 4.79 Å². The van der Waals surface area contributed by atoms with Gasteiger partial charge in [0.1, 0.15) is 5.75 Å². The molecule has 2 N–H and O–H groups in total. The van der Waals surface area contributed by atoms with Crippen LogP contribution in [0.15, 0.2) is 18.2 Å². The maximum atomic E-state index is 12.2. The summed E-state index contributed by atoms with van der Waals surface area (Å²) < 4.78 is 5.94. The van der Waals surface area contributed by atoms with Crippen LogP contribution in [-0.4, -0.2) is 42.3 Å². The number of carbonyl (C=O) groups is 1. The Labute approximate surface area is 137 Å². The van der Waals surface area contributed by atoms with Gasteiger partial charge in [0.25, 0.3) is 0 Å². The lowest BCUT2D eigenvalue weighted by molar-refractivity contribution is 0.198. The predicted octanol–water partition coefficient (Wildman–Crippen LogP) is 2.31. The van der Waals surface area contributed by atoms with Crippen molar-refractivity contribution in [3.63, 3.8) is 0 Å². The number of urea groups is 1. The SMILES string of the molecule is Cc1ccc(CNC(=O)N2CCC(CO)C2)c(OCC2CC2)c1. The Bertz CT molecular complexity index is 557. The van der Waals surface area contributed by atoms with Gasteiger partial charge in [-0.1, -0.05) is 12.1 Å². The number of rotatable bonds is 6. The molecule has 1 saturated heterocycles. The summed E-state index contributed by atoms with van der Waals surface area (Å²) in [6.45, 7) is 4.80. The molecule has 1 aromatic rings. The average molecular weight is 318 g/mol. The largest absolute Gasteiger partial charge is 0.493 e. The number of aliphatic hydroxyl groups is 1. The van der Waals surface area contributed by atoms with E-state index in [1.807, 2.05) is 25.1 Å². The number of ether oxygens (including phenoxy) is 1. The lowest BCUT2D eigenvalue weighted by Crippen LogP contribution is -2.38. The predicted molar refractivity (Wildman–Crippen MR) is 88.4 cm³/mol. The molecule has 1 aliphatic heterocycles. The molecule has 126 valence electrons. The van der Waals surface area contributed by atoms with E-state index in [2.05, 4.69) is 5.32 Å². The number of carbonyl (C=O) groups excluding carboxylic acids is 1. The van der Waals surface area contributed by atoms with Crippen molar-refractivity contribution in [1.82, 2.24) is 10.2 Å². The Hall–Kier alpha value is -1.75. The highest BCUT2D eigenvalue weighted by atomic mass is 16.5. The Morgan fingerprint density at radius 3 is 2.87 bits per heavy atom. The molecule has 1 heterocycles. The van der Waals surface area contributed by atoms with Crippen LogP contribution in [0.3, 0.4) is 0 Å². The molecule has 0 aromatic heterocycles. The first-order valence-corrected chi connectivity index (χ1v) is 8.51. The van der Waals surface area contributed by atoms with E-state index in [4.69, 9.17) is 9.84 Å². The summed E-state index contributed by atoms with van der Waals surface area (Å²) in [7, 11) is 0. The Balaban J connectivity index is 1.55. The first-order valence-electron chi connectivity index (χ1n) is 8.51. The van der Waals surface area contributed by atoms with E-state index in [1.54, 1.807) is 4.90 Å². The number of benzene rings is 1. The quantitative estimate of drug-likeness (QED) is 0.846. The molecule has 3 rings (SSSR count). The second-order valence-corrected chi connectivity index (χ2v) is 6.81. The number of aryl methyl sites for hydroxylation is 1. The minimum absolute atomic E-state index is 0.0605. The third-order valence-electron chi connectivity index (χ3n) is 4.66. The monoisotopic (exact) mass is 318 g/mol. The van der Waals surface area contributed by atoms with Crippen LogP contribution in [0.1, 0.15) is 30.4 Å². The van der Waals surface area contributed by atoms with Crippen molar-refractivity contribution in [2.45, 2.75) is 32.7 Å². The van der Waals surface area contributed by atoms with Gasteiger partial charge < -0.3 is 20.1 Å². The zero-order chi connectivity index (χ0) is 16.2. The van der Waals surface area contributed by atoms with Gasteiger partial charge in [-0.15, -0.1) is 0 Å². The second-order valence-electron chi connectivity index (χ2n) is 6.81. The van der Waals surface area contributed by atoms with E-state index >= 15 is 0 Å². The standard InChI is InChI=1S/C18H26N2O3/c1-13-2-5-16(17(8-13)23-12-14-3-4-14)9-19-18(22)20-7-6-15(10-20)11-21/h2,5,8,14-15,21H,3-4,6-7,9-12H2,1H3,(H,19,22). The molecular formula is C18H26N2O3. The minimum atomic E-state index is -0.0605. The molecule has 1 aromatic carbocycles. The smallest absolute Gasteiger partial charge is 0.317 e. The van der Waals surface area contributed by atoms with Crippen LogP contribution in [0.25, 0.3) is 0 Å². The molecule has 1 unspecified atom stereocenters. The molecule has 1 aliphatic carbocycles. The van der Waals surface area contributed by atoms with Gasteiger partial charge in [0.05, 0.1) is 6.61 Å². The summed E-state index contributed by atoms with van der Waals surface area (Å²) >= 11 is 0. The van der Waals surface area contributed by atoms with Crippen LogP contribution in [0.5, 0.6) is 5.75 Å². The lowest BCUT2D eigenvalue weighted by atomic mass is 10.1. The summed E-state index contributed by atoms with van der Waals surface area (Å²) in [5.74, 6) is 1.81. The maximum Gasteiger partial charge on any atom is 0.317 e. The molecule has 2 aliphatic rings. The number of nitrogens with one attached hydrogen (secondary N) is 1. The number of aliphatic hydroxyl groups excluding tert-OH is 1. The average Bonchev–Trinajstić information content (AvgIpc) is 3.26. The van der Waals surface area contributed by atoms with Crippen molar-refractivity contribution in [1.29, 1.82) is 0 Å². The summed E-state index contributed by atoms with van der Waals surface area (Å²) in [5, 5.41) is 12.1. The van der Waals surface area contributed by atoms with E-state index < -0.39 is 0 Å². The maximum absolute atomic E-state index is 12.2. The molecule has 0 bridgehead atoms. The molecule has 5 nitrogen and oxygen atoms in total. The highest BCUT2D eigenvalue weighted by Crippen LogP contribution is 2.30. The number of likely N-dealkylation sites (tertiary alicyclic amines) is 1. The molecular weight excluding hydrogens is 292 g/mol. The Morgan fingerprint density at radius 1 is 1.35 bits per heavy atom. The summed E-state index contributed by atoms with van der Waals surface area (Å²) in [6.07, 6.45) is 3.40. The molecule has 2 fully saturated rings. The van der Waals surface area contributed by atoms with Crippen molar-refractivity contribution in [2.24, 2.45) is 11.8 Å². The van der Waals surface area contributed by atoms with E-state index in [1.165, 1.54) is 12.8 Å². The van der Waals surface area contributed by atoms with Gasteiger partial charge in [-0.2, -0.15) is 0 Å². The molecule has 5 heteroatoms. The van der Waals surface area contributed by atoms with Crippen LogP contribution < -0.4 is 10.1 Å². The third-order valence-corrected chi connectivity index (χ3v) is 4.66. The van der Waals surface area contributed by atoms with Crippen molar-refractivity contribution < 1.29 is 14.6 Å². The molecule has 0 spiro atoms. The van der Waals surface area contributed by atoms with Crippen LogP contribution in [0, 0.1) is 18.8 Å². The van der Waals surface area contributed by atoms with Crippen LogP contribution in [-0.2, 0) is 6.54 Å². The molecule has 1 atom stereocenters. The van der Waals surface area contributed by atoms with Crippen LogP contribution in [0.2, 0.25) is 0 Å². The van der Waals surface area contributed by atoms with Gasteiger partial charge in [-0.05, 0) is 43.7 Å². The number of amides is 2. The zero-order valence-corrected chi connectivity index (χ0v) is 13.8. The van der Waals surface area contributed by atoms with Gasteiger partial charge in [0.2, 0.25) is 0 Å². The summed E-state index contributed by atoms with van der Waals surface area (Å²) in [4.78, 5) is 14.0. The molecule has 1 saturated carbocycles. The zero-order valence-electron chi connectivity index (χ0n) is 13.8. The topological polar surface area (TPSA) is 61.8 Å². The number of hydrogen-bond donors (Lipinski definition) is 2. The first kappa shape index (κ1) is 16.1. The third kappa shape index (κ3) is 4.38. The fourth-order valence-corrected chi connectivity index (χ4v) is 2.88. The van der Waals surface area contributed by atoms with Crippen molar-refractivity contribution in [3.8, 4) is 5.75 Å². The van der Waals surface area contributed by atoms with E-state index in [-0.39, 0.29) is 18.6 Å². The van der Waals surface area contributed by atoms with Crippen molar-refractivity contribution in [3.05, 3.63) is 29.3 Å². The highest BCUT2D eigenvalue weighted by molar-refractivity contribution is 5.74. The number of hydrogen-bond acceptors (Lipinski definition) is 3. The summed E-state index contributed by atoms with van der Waals surface area (Å²) in [6, 6.07) is 6.05. The highest BCUT2D eigenvalue weighted by Gasteiger charge is 2.26.